The number of rotatable bonds is 10. The molecule has 1 heterocycles. The Kier molecular flexibility index (Phi) is 16.1. The number of carbonyl (C=O) groups is 5. The number of nitrogens with two attached hydrogens (primary N) is 4. The highest BCUT2D eigenvalue weighted by molar-refractivity contribution is 6.54. The number of benzene rings is 1. The number of nitrogens with one attached hydrogen (secondary N) is 4. The second kappa shape index (κ2) is 19.2. The molecule has 0 bridgehead atoms. The molecular formula is C27H38Cl4N10O5. The molecule has 4 amide bonds. The van der Waals surface area contributed by atoms with Gasteiger partial charge >= 0.3 is 0 Å². The van der Waals surface area contributed by atoms with E-state index in [1.54, 1.807) is 0 Å². The van der Waals surface area contributed by atoms with Crippen LogP contribution in [0.4, 0.5) is 0 Å². The maximum Gasteiger partial charge on any atom is 0.254 e. The van der Waals surface area contributed by atoms with Gasteiger partial charge in [-0.1, -0.05) is 46.4 Å². The van der Waals surface area contributed by atoms with Gasteiger partial charge in [-0.05, 0) is 51.4 Å². The summed E-state index contributed by atoms with van der Waals surface area (Å²) in [5, 5.41) is 9.36. The molecular weight excluding hydrogens is 686 g/mol. The van der Waals surface area contributed by atoms with E-state index in [-0.39, 0.29) is 76.5 Å². The minimum atomic E-state index is -1.25. The van der Waals surface area contributed by atoms with Crippen LogP contribution in [0.3, 0.4) is 0 Å². The average Bonchev–Trinajstić information content (AvgIpc) is 3.00. The van der Waals surface area contributed by atoms with Gasteiger partial charge in [-0.3, -0.25) is 29.2 Å². The van der Waals surface area contributed by atoms with Gasteiger partial charge in [-0.15, -0.1) is 0 Å². The fourth-order valence-electron chi connectivity index (χ4n) is 4.51. The fraction of sp³-hybridized carbons (Fsp3) is 0.519. The number of nitrogens with zero attached hydrogens (tertiary/aromatic N) is 2. The van der Waals surface area contributed by atoms with Gasteiger partial charge in [0.2, 0.25) is 11.8 Å². The van der Waals surface area contributed by atoms with Crippen LogP contribution in [-0.4, -0.2) is 79.6 Å². The summed E-state index contributed by atoms with van der Waals surface area (Å²) in [7, 11) is 0. The molecule has 0 fully saturated rings. The van der Waals surface area contributed by atoms with Gasteiger partial charge in [0.15, 0.2) is 11.9 Å². The van der Waals surface area contributed by atoms with Gasteiger partial charge in [0.1, 0.15) is 18.4 Å². The second-order valence-electron chi connectivity index (χ2n) is 10.3. The third kappa shape index (κ3) is 11.7. The van der Waals surface area contributed by atoms with Gasteiger partial charge in [-0.25, -0.2) is 0 Å². The number of hydrogen-bond acceptors (Lipinski definition) is 7. The number of amides is 4. The van der Waals surface area contributed by atoms with Crippen molar-refractivity contribution in [2.45, 2.75) is 69.5 Å². The van der Waals surface area contributed by atoms with E-state index >= 15 is 0 Å². The van der Waals surface area contributed by atoms with Crippen molar-refractivity contribution in [1.29, 1.82) is 0 Å². The molecule has 1 aromatic rings. The smallest absolute Gasteiger partial charge is 0.254 e. The summed E-state index contributed by atoms with van der Waals surface area (Å²) in [6.45, 7) is 0.552. The number of aldehydes is 1. The maximum absolute atomic E-state index is 13.7. The SMILES string of the molecule is NC(N)=NCCCC[C@@H]1NC(=O)c2c(Cl)c(Cl)c(Cl)c(Cl)c2C(=O)NCCCC[C@@H](C=O)NC(=O)[C@H](CCCN=C(N)N)NC1=O. The number of guanidine groups is 2. The molecule has 1 aromatic carbocycles. The molecule has 0 radical (unpaired) electrons. The molecule has 254 valence electrons. The molecule has 46 heavy (non-hydrogen) atoms. The number of carbonyl (C=O) groups excluding carboxylic acids is 5. The summed E-state index contributed by atoms with van der Waals surface area (Å²) in [6, 6.07) is -3.24. The lowest BCUT2D eigenvalue weighted by atomic mass is 10.0. The molecule has 1 aliphatic heterocycles. The van der Waals surface area contributed by atoms with E-state index in [9.17, 15) is 24.0 Å². The molecule has 0 aromatic heterocycles. The molecule has 0 saturated heterocycles. The molecule has 0 saturated carbocycles. The molecule has 0 spiro atoms. The van der Waals surface area contributed by atoms with Gasteiger partial charge in [0.25, 0.3) is 11.8 Å². The van der Waals surface area contributed by atoms with Gasteiger partial charge in [0, 0.05) is 19.6 Å². The molecule has 19 heteroatoms. The Balaban J connectivity index is 2.55. The Morgan fingerprint density at radius 1 is 0.696 bits per heavy atom. The van der Waals surface area contributed by atoms with Crippen LogP contribution in [0.1, 0.15) is 72.1 Å². The predicted molar refractivity (Wildman–Crippen MR) is 178 cm³/mol. The van der Waals surface area contributed by atoms with E-state index < -0.39 is 47.3 Å². The lowest BCUT2D eigenvalue weighted by Crippen LogP contribution is -2.55. The molecule has 0 unspecified atom stereocenters. The van der Waals surface area contributed by atoms with Crippen molar-refractivity contribution in [3.8, 4) is 0 Å². The summed E-state index contributed by atoms with van der Waals surface area (Å²) in [4.78, 5) is 73.6. The number of aliphatic imine (C=N–C) groups is 2. The average molecular weight is 724 g/mol. The summed E-state index contributed by atoms with van der Waals surface area (Å²) >= 11 is 25.3. The molecule has 2 rings (SSSR count). The van der Waals surface area contributed by atoms with Crippen molar-refractivity contribution in [1.82, 2.24) is 21.3 Å². The number of fused-ring (bicyclic) bond motifs is 1. The Hall–Kier alpha value is -3.53. The molecule has 15 nitrogen and oxygen atoms in total. The van der Waals surface area contributed by atoms with Gasteiger partial charge in [0.05, 0.1) is 37.3 Å². The zero-order chi connectivity index (χ0) is 34.4. The lowest BCUT2D eigenvalue weighted by molar-refractivity contribution is -0.131. The molecule has 12 N–H and O–H groups in total. The summed E-state index contributed by atoms with van der Waals surface area (Å²) in [5.74, 6) is -3.31. The van der Waals surface area contributed by atoms with Crippen LogP contribution in [0, 0.1) is 0 Å². The van der Waals surface area contributed by atoms with Crippen molar-refractivity contribution >= 4 is 88.2 Å². The lowest BCUT2D eigenvalue weighted by Gasteiger charge is -2.25. The summed E-state index contributed by atoms with van der Waals surface area (Å²) < 4.78 is 0. The molecule has 0 aliphatic carbocycles. The number of unbranched alkanes of at least 4 members (excludes halogenated alkanes) is 1. The maximum atomic E-state index is 13.7. The minimum Gasteiger partial charge on any atom is -0.370 e. The fourth-order valence-corrected chi connectivity index (χ4v) is 5.53. The normalized spacial score (nSPS) is 19.8. The van der Waals surface area contributed by atoms with E-state index in [2.05, 4.69) is 31.3 Å². The highest BCUT2D eigenvalue weighted by atomic mass is 35.5. The first-order valence-corrected chi connectivity index (χ1v) is 15.9. The number of hydrogen-bond donors (Lipinski definition) is 8. The standard InChI is InChI=1S/C27H38Cl4N10O5/c28-18-16-17(19(29)21(31)20(18)30)25(46)41-14(7-2-4-10-37-26(32)33)23(44)40-15(8-5-11-38-27(34)35)22(43)39-13(12-42)6-1-3-9-36-24(16)45/h12-15H,1-11H2,(H,36,45)(H,39,43)(H,40,44)(H,41,46)(H4,32,33,37)(H4,34,35,38)/t13-,14-,15-/m0/s1. The van der Waals surface area contributed by atoms with Crippen LogP contribution in [0.25, 0.3) is 0 Å². The zero-order valence-corrected chi connectivity index (χ0v) is 27.9. The topological polar surface area (TPSA) is 262 Å². The zero-order valence-electron chi connectivity index (χ0n) is 24.8. The van der Waals surface area contributed by atoms with E-state index in [0.29, 0.717) is 38.4 Å². The van der Waals surface area contributed by atoms with E-state index in [1.807, 2.05) is 0 Å². The summed E-state index contributed by atoms with van der Waals surface area (Å²) in [5.41, 5.74) is 20.8. The van der Waals surface area contributed by atoms with Gasteiger partial charge in [-0.2, -0.15) is 0 Å². The van der Waals surface area contributed by atoms with Crippen molar-refractivity contribution in [2.75, 3.05) is 19.6 Å². The van der Waals surface area contributed by atoms with Crippen molar-refractivity contribution in [3.63, 3.8) is 0 Å². The monoisotopic (exact) mass is 722 g/mol. The first-order valence-electron chi connectivity index (χ1n) is 14.4. The highest BCUT2D eigenvalue weighted by Crippen LogP contribution is 2.41. The molecule has 3 atom stereocenters. The van der Waals surface area contributed by atoms with E-state index in [4.69, 9.17) is 69.3 Å². The van der Waals surface area contributed by atoms with E-state index in [0.717, 1.165) is 0 Å². The third-order valence-corrected chi connectivity index (χ3v) is 8.64. The van der Waals surface area contributed by atoms with Gasteiger partial charge < -0.3 is 49.0 Å². The Labute approximate surface area is 285 Å². The van der Waals surface area contributed by atoms with Crippen LogP contribution >= 0.6 is 46.4 Å². The number of halogens is 4. The van der Waals surface area contributed by atoms with Crippen LogP contribution in [0.15, 0.2) is 9.98 Å². The van der Waals surface area contributed by atoms with E-state index in [1.165, 1.54) is 0 Å². The first-order chi connectivity index (χ1) is 21.8. The third-order valence-electron chi connectivity index (χ3n) is 6.84. The van der Waals surface area contributed by atoms with Crippen molar-refractivity contribution < 1.29 is 24.0 Å². The predicted octanol–water partition coefficient (Wildman–Crippen LogP) is 0.978. The Morgan fingerprint density at radius 3 is 1.80 bits per heavy atom. The quantitative estimate of drug-likeness (QED) is 0.0426. The van der Waals surface area contributed by atoms with Crippen LogP contribution in [0.5, 0.6) is 0 Å². The van der Waals surface area contributed by atoms with Crippen molar-refractivity contribution in [3.05, 3.63) is 31.2 Å². The van der Waals surface area contributed by atoms with Crippen LogP contribution in [0.2, 0.25) is 20.1 Å². The highest BCUT2D eigenvalue weighted by Gasteiger charge is 2.33. The Morgan fingerprint density at radius 2 is 1.22 bits per heavy atom. The second-order valence-corrected chi connectivity index (χ2v) is 11.9. The summed E-state index contributed by atoms with van der Waals surface area (Å²) in [6.07, 6.45) is 2.92. The largest absolute Gasteiger partial charge is 0.370 e. The first kappa shape index (κ1) is 38.7. The van der Waals surface area contributed by atoms with Crippen LogP contribution < -0.4 is 44.2 Å². The Bertz CT molecular complexity index is 1350. The minimum absolute atomic E-state index is 0.0606. The van der Waals surface area contributed by atoms with Crippen LogP contribution in [-0.2, 0) is 14.4 Å². The van der Waals surface area contributed by atoms with Crippen molar-refractivity contribution in [2.24, 2.45) is 32.9 Å². The molecule has 1 aliphatic rings.